The predicted molar refractivity (Wildman–Crippen MR) is 67.2 cm³/mol. The lowest BCUT2D eigenvalue weighted by atomic mass is 9.59. The maximum atomic E-state index is 11.4. The summed E-state index contributed by atoms with van der Waals surface area (Å²) in [6.07, 6.45) is 7.24. The number of aldehydes is 1. The van der Waals surface area contributed by atoms with Crippen molar-refractivity contribution < 1.29 is 4.79 Å². The Hall–Kier alpha value is -0.590. The van der Waals surface area contributed by atoms with E-state index in [0.717, 1.165) is 12.8 Å². The molecule has 2 rings (SSSR count). The highest BCUT2D eigenvalue weighted by atomic mass is 16.1. The van der Waals surface area contributed by atoms with Crippen LogP contribution in [0.3, 0.4) is 0 Å². The molecule has 0 aromatic carbocycles. The summed E-state index contributed by atoms with van der Waals surface area (Å²) >= 11 is 0. The third kappa shape index (κ3) is 1.74. The molecule has 0 N–H and O–H groups in total. The van der Waals surface area contributed by atoms with Crippen LogP contribution in [0.4, 0.5) is 0 Å². The maximum absolute atomic E-state index is 11.4. The van der Waals surface area contributed by atoms with E-state index in [1.165, 1.54) is 25.5 Å². The lowest BCUT2D eigenvalue weighted by molar-refractivity contribution is -0.118. The van der Waals surface area contributed by atoms with Gasteiger partial charge in [0.2, 0.25) is 0 Å². The highest BCUT2D eigenvalue weighted by molar-refractivity contribution is 5.61. The van der Waals surface area contributed by atoms with Crippen LogP contribution < -0.4 is 0 Å². The van der Waals surface area contributed by atoms with Gasteiger partial charge in [-0.2, -0.15) is 0 Å². The van der Waals surface area contributed by atoms with Gasteiger partial charge in [-0.05, 0) is 43.4 Å². The molecule has 0 aromatic heterocycles. The van der Waals surface area contributed by atoms with E-state index in [4.69, 9.17) is 0 Å². The van der Waals surface area contributed by atoms with Gasteiger partial charge in [0.15, 0.2) is 0 Å². The minimum absolute atomic E-state index is 0.118. The first kappa shape index (κ1) is 11.9. The number of hydrogen-bond acceptors (Lipinski definition) is 1. The monoisotopic (exact) mass is 220 g/mol. The molecule has 0 heterocycles. The molecule has 0 aliphatic heterocycles. The third-order valence-corrected chi connectivity index (χ3v) is 5.03. The molecule has 0 aromatic rings. The fraction of sp³-hybridized carbons (Fsp3) is 0.800. The van der Waals surface area contributed by atoms with Gasteiger partial charge in [-0.15, -0.1) is 0 Å². The van der Waals surface area contributed by atoms with Gasteiger partial charge >= 0.3 is 0 Å². The largest absolute Gasteiger partial charge is 0.303 e. The second kappa shape index (κ2) is 3.72. The average Bonchev–Trinajstić information content (AvgIpc) is 2.21. The highest BCUT2D eigenvalue weighted by Gasteiger charge is 2.42. The molecular formula is C15H24O. The standard InChI is InChI=1S/C15H24O/c1-11-8-12-6-5-7-14(2,3)13(12)9-15(11,4)10-16/h10-11H,5-9H2,1-4H3. The molecule has 0 amide bonds. The second-order valence-corrected chi connectivity index (χ2v) is 6.73. The Kier molecular flexibility index (Phi) is 2.76. The highest BCUT2D eigenvalue weighted by Crippen LogP contribution is 2.52. The normalized spacial score (nSPS) is 38.1. The summed E-state index contributed by atoms with van der Waals surface area (Å²) in [4.78, 5) is 11.4. The number of hydrogen-bond donors (Lipinski definition) is 0. The maximum Gasteiger partial charge on any atom is 0.126 e. The molecule has 0 saturated heterocycles. The summed E-state index contributed by atoms with van der Waals surface area (Å²) in [5.74, 6) is 0.512. The second-order valence-electron chi connectivity index (χ2n) is 6.73. The summed E-state index contributed by atoms with van der Waals surface area (Å²) in [5.41, 5.74) is 3.49. The van der Waals surface area contributed by atoms with Crippen LogP contribution in [-0.4, -0.2) is 6.29 Å². The van der Waals surface area contributed by atoms with Crippen LogP contribution in [0.2, 0.25) is 0 Å². The van der Waals surface area contributed by atoms with Crippen LogP contribution >= 0.6 is 0 Å². The minimum atomic E-state index is -0.118. The Balaban J connectivity index is 2.38. The van der Waals surface area contributed by atoms with Crippen molar-refractivity contribution in [2.75, 3.05) is 0 Å². The van der Waals surface area contributed by atoms with Crippen LogP contribution in [0.25, 0.3) is 0 Å². The van der Waals surface area contributed by atoms with Crippen LogP contribution in [-0.2, 0) is 4.79 Å². The molecule has 1 heteroatoms. The van der Waals surface area contributed by atoms with Crippen molar-refractivity contribution in [3.05, 3.63) is 11.1 Å². The van der Waals surface area contributed by atoms with Gasteiger partial charge in [0.25, 0.3) is 0 Å². The van der Waals surface area contributed by atoms with Crippen LogP contribution in [0.5, 0.6) is 0 Å². The average molecular weight is 220 g/mol. The Morgan fingerprint density at radius 1 is 1.31 bits per heavy atom. The fourth-order valence-corrected chi connectivity index (χ4v) is 3.43. The number of rotatable bonds is 1. The molecule has 16 heavy (non-hydrogen) atoms. The van der Waals surface area contributed by atoms with Crippen molar-refractivity contribution in [1.82, 2.24) is 0 Å². The van der Waals surface area contributed by atoms with Crippen molar-refractivity contribution in [3.8, 4) is 0 Å². The first-order valence-corrected chi connectivity index (χ1v) is 6.57. The molecule has 0 bridgehead atoms. The lowest BCUT2D eigenvalue weighted by Crippen LogP contribution is -2.37. The van der Waals surface area contributed by atoms with Crippen molar-refractivity contribution in [1.29, 1.82) is 0 Å². The van der Waals surface area contributed by atoms with E-state index in [-0.39, 0.29) is 5.41 Å². The summed E-state index contributed by atoms with van der Waals surface area (Å²) in [6, 6.07) is 0. The zero-order valence-corrected chi connectivity index (χ0v) is 11.1. The topological polar surface area (TPSA) is 17.1 Å². The molecule has 2 aliphatic carbocycles. The van der Waals surface area contributed by atoms with Gasteiger partial charge in [-0.3, -0.25) is 0 Å². The molecule has 2 atom stereocenters. The SMILES string of the molecule is CC1CC2=C(CC1(C)C=O)C(C)(C)CCC2. The van der Waals surface area contributed by atoms with Crippen molar-refractivity contribution in [2.24, 2.45) is 16.7 Å². The molecule has 0 spiro atoms. The van der Waals surface area contributed by atoms with E-state index in [2.05, 4.69) is 27.7 Å². The molecule has 1 nitrogen and oxygen atoms in total. The predicted octanol–water partition coefficient (Wildman–Crippen LogP) is 4.13. The van der Waals surface area contributed by atoms with Gasteiger partial charge in [-0.1, -0.05) is 38.8 Å². The van der Waals surface area contributed by atoms with Gasteiger partial charge in [-0.25, -0.2) is 0 Å². The zero-order valence-electron chi connectivity index (χ0n) is 11.1. The van der Waals surface area contributed by atoms with Gasteiger partial charge in [0.05, 0.1) is 0 Å². The molecule has 2 aliphatic rings. The first-order valence-electron chi connectivity index (χ1n) is 6.57. The Bertz CT molecular complexity index is 337. The van der Waals surface area contributed by atoms with Crippen molar-refractivity contribution in [3.63, 3.8) is 0 Å². The molecule has 2 unspecified atom stereocenters. The third-order valence-electron chi connectivity index (χ3n) is 5.03. The molecule has 0 saturated carbocycles. The summed E-state index contributed by atoms with van der Waals surface area (Å²) < 4.78 is 0. The number of allylic oxidation sites excluding steroid dienone is 2. The molecule has 90 valence electrons. The van der Waals surface area contributed by atoms with E-state index in [1.807, 2.05) is 0 Å². The fourth-order valence-electron chi connectivity index (χ4n) is 3.43. The Labute approximate surface area is 99.3 Å². The van der Waals surface area contributed by atoms with E-state index in [1.54, 1.807) is 11.1 Å². The van der Waals surface area contributed by atoms with Gasteiger partial charge in [0, 0.05) is 5.41 Å². The molecular weight excluding hydrogens is 196 g/mol. The summed E-state index contributed by atoms with van der Waals surface area (Å²) in [6.45, 7) is 9.07. The molecule has 0 fully saturated rings. The van der Waals surface area contributed by atoms with Crippen LogP contribution in [0.15, 0.2) is 11.1 Å². The van der Waals surface area contributed by atoms with Crippen LogP contribution in [0, 0.1) is 16.7 Å². The quantitative estimate of drug-likeness (QED) is 0.479. The lowest BCUT2D eigenvalue weighted by Gasteiger charge is -2.45. The summed E-state index contributed by atoms with van der Waals surface area (Å²) in [5, 5.41) is 0. The van der Waals surface area contributed by atoms with E-state index >= 15 is 0 Å². The van der Waals surface area contributed by atoms with E-state index in [9.17, 15) is 4.79 Å². The number of carbonyl (C=O) groups excluding carboxylic acids is 1. The zero-order chi connectivity index (χ0) is 12.0. The number of carbonyl (C=O) groups is 1. The van der Waals surface area contributed by atoms with Crippen molar-refractivity contribution >= 4 is 6.29 Å². The van der Waals surface area contributed by atoms with Crippen molar-refractivity contribution in [2.45, 2.75) is 59.8 Å². The van der Waals surface area contributed by atoms with Gasteiger partial charge < -0.3 is 4.79 Å². The van der Waals surface area contributed by atoms with E-state index in [0.29, 0.717) is 11.3 Å². The molecule has 0 radical (unpaired) electrons. The van der Waals surface area contributed by atoms with Gasteiger partial charge in [0.1, 0.15) is 6.29 Å². The minimum Gasteiger partial charge on any atom is -0.303 e. The smallest absolute Gasteiger partial charge is 0.126 e. The Morgan fingerprint density at radius 3 is 2.62 bits per heavy atom. The Morgan fingerprint density at radius 2 is 2.00 bits per heavy atom. The van der Waals surface area contributed by atoms with Crippen LogP contribution in [0.1, 0.15) is 59.8 Å². The summed E-state index contributed by atoms with van der Waals surface area (Å²) in [7, 11) is 0. The van der Waals surface area contributed by atoms with E-state index < -0.39 is 0 Å². The first-order chi connectivity index (χ1) is 7.39.